The Hall–Kier alpha value is -2.42. The van der Waals surface area contributed by atoms with Gasteiger partial charge in [0.1, 0.15) is 18.4 Å². The number of hydrogen-bond acceptors (Lipinski definition) is 6. The second kappa shape index (κ2) is 8.98. The zero-order valence-corrected chi connectivity index (χ0v) is 15.5. The van der Waals surface area contributed by atoms with E-state index in [0.717, 1.165) is 55.4 Å². The molecule has 8 nitrogen and oxygen atoms in total. The molecular formula is C19H26N4O4. The Morgan fingerprint density at radius 1 is 1.37 bits per heavy atom. The zero-order valence-electron chi connectivity index (χ0n) is 15.5. The van der Waals surface area contributed by atoms with Crippen LogP contribution in [0.3, 0.4) is 0 Å². The SMILES string of the molecule is Cn1nccc1-c1cc(C[C@H](N)C(=O)O)ccc1OCCN1CCOCC1. The number of nitrogens with two attached hydrogens (primary N) is 1. The van der Waals surface area contributed by atoms with Gasteiger partial charge in [-0.25, -0.2) is 0 Å². The second-order valence-electron chi connectivity index (χ2n) is 6.62. The number of carbonyl (C=O) groups is 1. The first-order chi connectivity index (χ1) is 13.0. The molecule has 1 atom stereocenters. The quantitative estimate of drug-likeness (QED) is 0.703. The van der Waals surface area contributed by atoms with E-state index in [9.17, 15) is 4.79 Å². The van der Waals surface area contributed by atoms with Crippen molar-refractivity contribution in [3.8, 4) is 17.0 Å². The van der Waals surface area contributed by atoms with E-state index in [1.54, 1.807) is 10.9 Å². The fraction of sp³-hybridized carbons (Fsp3) is 0.474. The summed E-state index contributed by atoms with van der Waals surface area (Å²) >= 11 is 0. The lowest BCUT2D eigenvalue weighted by Crippen LogP contribution is -2.38. The molecule has 146 valence electrons. The summed E-state index contributed by atoms with van der Waals surface area (Å²) in [5.41, 5.74) is 8.32. The Morgan fingerprint density at radius 3 is 2.81 bits per heavy atom. The number of aromatic nitrogens is 2. The predicted molar refractivity (Wildman–Crippen MR) is 101 cm³/mol. The molecule has 3 rings (SSSR count). The van der Waals surface area contributed by atoms with Gasteiger partial charge < -0.3 is 20.3 Å². The van der Waals surface area contributed by atoms with Gasteiger partial charge in [0.25, 0.3) is 0 Å². The van der Waals surface area contributed by atoms with E-state index in [1.165, 1.54) is 0 Å². The maximum Gasteiger partial charge on any atom is 0.320 e. The van der Waals surface area contributed by atoms with Gasteiger partial charge in [-0.05, 0) is 30.2 Å². The summed E-state index contributed by atoms with van der Waals surface area (Å²) in [6.07, 6.45) is 1.98. The zero-order chi connectivity index (χ0) is 19.2. The third-order valence-corrected chi connectivity index (χ3v) is 4.68. The first-order valence-electron chi connectivity index (χ1n) is 9.07. The summed E-state index contributed by atoms with van der Waals surface area (Å²) in [6, 6.07) is 6.66. The van der Waals surface area contributed by atoms with Gasteiger partial charge in [-0.2, -0.15) is 5.10 Å². The average Bonchev–Trinajstić information content (AvgIpc) is 3.09. The molecule has 0 spiro atoms. The Labute approximate surface area is 158 Å². The van der Waals surface area contributed by atoms with Crippen LogP contribution in [0, 0.1) is 0 Å². The van der Waals surface area contributed by atoms with Gasteiger partial charge in [-0.1, -0.05) is 6.07 Å². The molecule has 1 aromatic heterocycles. The van der Waals surface area contributed by atoms with Crippen molar-refractivity contribution < 1.29 is 19.4 Å². The minimum Gasteiger partial charge on any atom is -0.492 e. The molecule has 1 aliphatic heterocycles. The molecule has 0 radical (unpaired) electrons. The molecule has 1 fully saturated rings. The molecule has 1 saturated heterocycles. The Morgan fingerprint density at radius 2 is 2.15 bits per heavy atom. The van der Waals surface area contributed by atoms with Crippen LogP contribution in [0.15, 0.2) is 30.5 Å². The van der Waals surface area contributed by atoms with Gasteiger partial charge in [0.2, 0.25) is 0 Å². The lowest BCUT2D eigenvalue weighted by molar-refractivity contribution is -0.138. The van der Waals surface area contributed by atoms with Crippen LogP contribution in [0.1, 0.15) is 5.56 Å². The number of ether oxygens (including phenoxy) is 2. The molecule has 3 N–H and O–H groups in total. The number of rotatable bonds is 8. The van der Waals surface area contributed by atoms with E-state index in [2.05, 4.69) is 10.00 Å². The van der Waals surface area contributed by atoms with Crippen LogP contribution >= 0.6 is 0 Å². The number of carboxylic acid groups (broad SMARTS) is 1. The van der Waals surface area contributed by atoms with Crippen molar-refractivity contribution in [3.63, 3.8) is 0 Å². The van der Waals surface area contributed by atoms with Crippen molar-refractivity contribution in [3.05, 3.63) is 36.0 Å². The lowest BCUT2D eigenvalue weighted by Gasteiger charge is -2.26. The van der Waals surface area contributed by atoms with E-state index >= 15 is 0 Å². The molecule has 0 saturated carbocycles. The highest BCUT2D eigenvalue weighted by Crippen LogP contribution is 2.31. The van der Waals surface area contributed by atoms with E-state index in [-0.39, 0.29) is 6.42 Å². The van der Waals surface area contributed by atoms with Gasteiger partial charge in [0, 0.05) is 38.4 Å². The number of aryl methyl sites for hydroxylation is 1. The minimum atomic E-state index is -1.01. The number of hydrogen-bond donors (Lipinski definition) is 2. The summed E-state index contributed by atoms with van der Waals surface area (Å²) in [4.78, 5) is 13.4. The topological polar surface area (TPSA) is 103 Å². The number of carboxylic acids is 1. The third-order valence-electron chi connectivity index (χ3n) is 4.68. The van der Waals surface area contributed by atoms with Crippen LogP contribution in [-0.2, 0) is 23.0 Å². The largest absolute Gasteiger partial charge is 0.492 e. The van der Waals surface area contributed by atoms with Crippen LogP contribution in [0.5, 0.6) is 5.75 Å². The highest BCUT2D eigenvalue weighted by molar-refractivity contribution is 5.74. The first kappa shape index (κ1) is 19.3. The van der Waals surface area contributed by atoms with Gasteiger partial charge in [-0.15, -0.1) is 0 Å². The third kappa shape index (κ3) is 5.06. The van der Waals surface area contributed by atoms with Gasteiger partial charge in [0.05, 0.1) is 18.9 Å². The predicted octanol–water partition coefficient (Wildman–Crippen LogP) is 0.753. The molecule has 27 heavy (non-hydrogen) atoms. The molecule has 2 aromatic rings. The summed E-state index contributed by atoms with van der Waals surface area (Å²) in [5, 5.41) is 13.3. The van der Waals surface area contributed by atoms with Crippen molar-refractivity contribution in [2.75, 3.05) is 39.5 Å². The number of nitrogens with zero attached hydrogens (tertiary/aromatic N) is 3. The van der Waals surface area contributed by atoms with Crippen LogP contribution in [0.2, 0.25) is 0 Å². The Bertz CT molecular complexity index is 771. The number of morpholine rings is 1. The van der Waals surface area contributed by atoms with E-state index in [1.807, 2.05) is 31.3 Å². The van der Waals surface area contributed by atoms with Crippen LogP contribution < -0.4 is 10.5 Å². The first-order valence-corrected chi connectivity index (χ1v) is 9.07. The Kier molecular flexibility index (Phi) is 6.44. The normalized spacial score (nSPS) is 16.2. The highest BCUT2D eigenvalue weighted by atomic mass is 16.5. The van der Waals surface area contributed by atoms with Crippen molar-refractivity contribution in [1.82, 2.24) is 14.7 Å². The van der Waals surface area contributed by atoms with Crippen LogP contribution in [0.25, 0.3) is 11.3 Å². The molecule has 0 bridgehead atoms. The standard InChI is InChI=1S/C19H26N4O4/c1-22-17(4-5-21-22)15-12-14(13-16(20)19(24)25)2-3-18(15)27-11-8-23-6-9-26-10-7-23/h2-5,12,16H,6-11,13,20H2,1H3,(H,24,25)/t16-/m0/s1. The Balaban J connectivity index is 1.75. The summed E-state index contributed by atoms with van der Waals surface area (Å²) in [7, 11) is 1.86. The van der Waals surface area contributed by atoms with Crippen molar-refractivity contribution in [2.24, 2.45) is 12.8 Å². The summed E-state index contributed by atoms with van der Waals surface area (Å²) in [6.45, 7) is 4.77. The van der Waals surface area contributed by atoms with Crippen molar-refractivity contribution >= 4 is 5.97 Å². The molecule has 1 aromatic carbocycles. The van der Waals surface area contributed by atoms with Crippen molar-refractivity contribution in [1.29, 1.82) is 0 Å². The molecule has 8 heteroatoms. The number of benzene rings is 1. The molecule has 0 unspecified atom stereocenters. The maximum absolute atomic E-state index is 11.1. The van der Waals surface area contributed by atoms with Gasteiger partial charge in [-0.3, -0.25) is 14.4 Å². The van der Waals surface area contributed by atoms with Crippen molar-refractivity contribution in [2.45, 2.75) is 12.5 Å². The minimum absolute atomic E-state index is 0.258. The fourth-order valence-electron chi connectivity index (χ4n) is 3.12. The van der Waals surface area contributed by atoms with Gasteiger partial charge in [0.15, 0.2) is 0 Å². The summed E-state index contributed by atoms with van der Waals surface area (Å²) < 4.78 is 13.2. The van der Waals surface area contributed by atoms with Gasteiger partial charge >= 0.3 is 5.97 Å². The second-order valence-corrected chi connectivity index (χ2v) is 6.62. The van der Waals surface area contributed by atoms with E-state index in [4.69, 9.17) is 20.3 Å². The molecule has 1 aliphatic rings. The average molecular weight is 374 g/mol. The monoisotopic (exact) mass is 374 g/mol. The number of aliphatic carboxylic acids is 1. The van der Waals surface area contributed by atoms with E-state index in [0.29, 0.717) is 6.61 Å². The molecular weight excluding hydrogens is 348 g/mol. The fourth-order valence-corrected chi connectivity index (χ4v) is 3.12. The lowest BCUT2D eigenvalue weighted by atomic mass is 10.0. The van der Waals surface area contributed by atoms with Crippen LogP contribution in [0.4, 0.5) is 0 Å². The molecule has 2 heterocycles. The maximum atomic E-state index is 11.1. The highest BCUT2D eigenvalue weighted by Gasteiger charge is 2.16. The molecule has 0 aliphatic carbocycles. The van der Waals surface area contributed by atoms with Crippen LogP contribution in [-0.4, -0.2) is 71.3 Å². The molecule has 0 amide bonds. The van der Waals surface area contributed by atoms with E-state index < -0.39 is 12.0 Å². The smallest absolute Gasteiger partial charge is 0.320 e. The summed E-state index contributed by atoms with van der Waals surface area (Å²) in [5.74, 6) is -0.262.